The van der Waals surface area contributed by atoms with E-state index in [4.69, 9.17) is 10.00 Å². The second kappa shape index (κ2) is 13.0. The predicted molar refractivity (Wildman–Crippen MR) is 125 cm³/mol. The van der Waals surface area contributed by atoms with Crippen molar-refractivity contribution in [2.24, 2.45) is 11.8 Å². The molecule has 0 atom stereocenters. The Kier molecular flexibility index (Phi) is 9.97. The van der Waals surface area contributed by atoms with Crippen LogP contribution in [0.25, 0.3) is 0 Å². The van der Waals surface area contributed by atoms with Gasteiger partial charge in [-0.2, -0.15) is 5.26 Å². The normalized spacial score (nSPS) is 27.2. The lowest BCUT2D eigenvalue weighted by Crippen LogP contribution is -2.25. The SMILES string of the molecule is CCCCc1ccc(C2CCC(OCC3CCC(CC/C=C/C#N)CC3)CC2)cc1. The van der Waals surface area contributed by atoms with Gasteiger partial charge in [-0.15, -0.1) is 0 Å². The molecule has 0 heterocycles. The Morgan fingerprint density at radius 1 is 0.967 bits per heavy atom. The zero-order valence-electron chi connectivity index (χ0n) is 19.0. The van der Waals surface area contributed by atoms with Crippen molar-refractivity contribution in [2.75, 3.05) is 6.61 Å². The van der Waals surface area contributed by atoms with Crippen LogP contribution in [-0.2, 0) is 11.2 Å². The lowest BCUT2D eigenvalue weighted by Gasteiger charge is -2.32. The number of benzene rings is 1. The minimum atomic E-state index is 0.485. The van der Waals surface area contributed by atoms with Crippen molar-refractivity contribution in [3.63, 3.8) is 0 Å². The van der Waals surface area contributed by atoms with Crippen molar-refractivity contribution >= 4 is 0 Å². The first-order valence-corrected chi connectivity index (χ1v) is 12.5. The standard InChI is InChI=1S/C28H41NO/c1-2-3-7-23-13-15-26(16-14-23)27-17-19-28(20-18-27)30-22-25-11-9-24(10-12-25)8-5-4-6-21-29/h4,6,13-16,24-25,27-28H,2-3,5,7-12,17-20,22H2,1H3/b6-4+. The molecule has 2 aliphatic rings. The molecule has 30 heavy (non-hydrogen) atoms. The molecule has 0 spiro atoms. The smallest absolute Gasteiger partial charge is 0.0908 e. The molecule has 0 saturated heterocycles. The van der Waals surface area contributed by atoms with Crippen LogP contribution in [0.15, 0.2) is 36.4 Å². The Hall–Kier alpha value is -1.59. The minimum absolute atomic E-state index is 0.485. The fourth-order valence-corrected chi connectivity index (χ4v) is 5.33. The highest BCUT2D eigenvalue weighted by Gasteiger charge is 2.25. The topological polar surface area (TPSA) is 33.0 Å². The molecule has 2 saturated carbocycles. The minimum Gasteiger partial charge on any atom is -0.378 e. The summed E-state index contributed by atoms with van der Waals surface area (Å²) in [4.78, 5) is 0. The summed E-state index contributed by atoms with van der Waals surface area (Å²) in [5.41, 5.74) is 3.03. The summed E-state index contributed by atoms with van der Waals surface area (Å²) in [5, 5.41) is 8.56. The molecule has 2 aliphatic carbocycles. The number of hydrogen-bond acceptors (Lipinski definition) is 2. The van der Waals surface area contributed by atoms with E-state index in [1.54, 1.807) is 6.08 Å². The van der Waals surface area contributed by atoms with E-state index in [0.717, 1.165) is 30.8 Å². The highest BCUT2D eigenvalue weighted by Crippen LogP contribution is 2.36. The molecule has 164 valence electrons. The van der Waals surface area contributed by atoms with Crippen LogP contribution in [0.1, 0.15) is 101 Å². The first kappa shape index (κ1) is 23.1. The molecule has 2 heteroatoms. The third-order valence-electron chi connectivity index (χ3n) is 7.41. The van der Waals surface area contributed by atoms with Gasteiger partial charge >= 0.3 is 0 Å². The van der Waals surface area contributed by atoms with Gasteiger partial charge in [-0.05, 0) is 93.1 Å². The van der Waals surface area contributed by atoms with E-state index >= 15 is 0 Å². The van der Waals surface area contributed by atoms with Crippen molar-refractivity contribution < 1.29 is 4.74 Å². The Balaban J connectivity index is 1.30. The number of unbranched alkanes of at least 4 members (excludes halogenated alkanes) is 1. The van der Waals surface area contributed by atoms with Gasteiger partial charge in [0.05, 0.1) is 12.2 Å². The van der Waals surface area contributed by atoms with Gasteiger partial charge in [0.25, 0.3) is 0 Å². The summed E-state index contributed by atoms with van der Waals surface area (Å²) < 4.78 is 6.37. The molecule has 0 bridgehead atoms. The van der Waals surface area contributed by atoms with Gasteiger partial charge in [0.1, 0.15) is 0 Å². The van der Waals surface area contributed by atoms with Crippen LogP contribution >= 0.6 is 0 Å². The number of rotatable bonds is 10. The summed E-state index contributed by atoms with van der Waals surface area (Å²) in [7, 11) is 0. The molecular formula is C28H41NO. The van der Waals surface area contributed by atoms with Gasteiger partial charge in [-0.3, -0.25) is 0 Å². The van der Waals surface area contributed by atoms with Crippen LogP contribution < -0.4 is 0 Å². The number of nitriles is 1. The number of nitrogens with zero attached hydrogens (tertiary/aromatic N) is 1. The van der Waals surface area contributed by atoms with Crippen LogP contribution in [0.4, 0.5) is 0 Å². The largest absolute Gasteiger partial charge is 0.378 e. The van der Waals surface area contributed by atoms with E-state index < -0.39 is 0 Å². The quantitative estimate of drug-likeness (QED) is 0.372. The average Bonchev–Trinajstić information content (AvgIpc) is 2.81. The maximum absolute atomic E-state index is 8.56. The first-order chi connectivity index (χ1) is 14.8. The van der Waals surface area contributed by atoms with E-state index in [0.29, 0.717) is 6.10 Å². The van der Waals surface area contributed by atoms with E-state index in [1.165, 1.54) is 88.2 Å². The number of ether oxygens (including phenoxy) is 1. The molecular weight excluding hydrogens is 366 g/mol. The number of aryl methyl sites for hydroxylation is 1. The average molecular weight is 408 g/mol. The fraction of sp³-hybridized carbons (Fsp3) is 0.679. The predicted octanol–water partition coefficient (Wildman–Crippen LogP) is 7.74. The second-order valence-corrected chi connectivity index (χ2v) is 9.65. The van der Waals surface area contributed by atoms with Gasteiger partial charge in [0.15, 0.2) is 0 Å². The van der Waals surface area contributed by atoms with E-state index in [-0.39, 0.29) is 0 Å². The lowest BCUT2D eigenvalue weighted by molar-refractivity contribution is -0.00474. The molecule has 0 N–H and O–H groups in total. The summed E-state index contributed by atoms with van der Waals surface area (Å²) in [6.07, 6.45) is 20.6. The molecule has 1 aromatic rings. The Morgan fingerprint density at radius 3 is 2.33 bits per heavy atom. The highest BCUT2D eigenvalue weighted by molar-refractivity contribution is 5.26. The number of hydrogen-bond donors (Lipinski definition) is 0. The van der Waals surface area contributed by atoms with Crippen LogP contribution in [0.3, 0.4) is 0 Å². The van der Waals surface area contributed by atoms with E-state index in [2.05, 4.69) is 37.3 Å². The fourth-order valence-electron chi connectivity index (χ4n) is 5.33. The van der Waals surface area contributed by atoms with E-state index in [9.17, 15) is 0 Å². The van der Waals surface area contributed by atoms with Crippen molar-refractivity contribution in [3.8, 4) is 6.07 Å². The molecule has 0 radical (unpaired) electrons. The Bertz CT molecular complexity index is 655. The second-order valence-electron chi connectivity index (χ2n) is 9.65. The Labute approximate surface area is 184 Å². The van der Waals surface area contributed by atoms with Crippen LogP contribution in [0, 0.1) is 23.2 Å². The summed E-state index contributed by atoms with van der Waals surface area (Å²) in [6.45, 7) is 3.24. The number of allylic oxidation sites excluding steroid dienone is 2. The van der Waals surface area contributed by atoms with Crippen LogP contribution in [0.5, 0.6) is 0 Å². The van der Waals surface area contributed by atoms with Gasteiger partial charge < -0.3 is 4.74 Å². The molecule has 3 rings (SSSR count). The summed E-state index contributed by atoms with van der Waals surface area (Å²) in [5.74, 6) is 2.35. The summed E-state index contributed by atoms with van der Waals surface area (Å²) >= 11 is 0. The maximum Gasteiger partial charge on any atom is 0.0908 e. The van der Waals surface area contributed by atoms with Crippen LogP contribution in [0.2, 0.25) is 0 Å². The highest BCUT2D eigenvalue weighted by atomic mass is 16.5. The summed E-state index contributed by atoms with van der Waals surface area (Å²) in [6, 6.07) is 11.5. The lowest BCUT2D eigenvalue weighted by atomic mass is 9.80. The van der Waals surface area contributed by atoms with Crippen molar-refractivity contribution in [2.45, 2.75) is 102 Å². The molecule has 0 amide bonds. The zero-order chi connectivity index (χ0) is 21.0. The molecule has 0 aliphatic heterocycles. The molecule has 1 aromatic carbocycles. The van der Waals surface area contributed by atoms with Crippen molar-refractivity contribution in [1.82, 2.24) is 0 Å². The first-order valence-electron chi connectivity index (χ1n) is 12.5. The third kappa shape index (κ3) is 7.59. The maximum atomic E-state index is 8.56. The zero-order valence-corrected chi connectivity index (χ0v) is 19.0. The van der Waals surface area contributed by atoms with Crippen molar-refractivity contribution in [3.05, 3.63) is 47.5 Å². The van der Waals surface area contributed by atoms with Gasteiger partial charge in [-0.1, -0.05) is 56.5 Å². The van der Waals surface area contributed by atoms with Crippen LogP contribution in [-0.4, -0.2) is 12.7 Å². The van der Waals surface area contributed by atoms with Gasteiger partial charge in [0, 0.05) is 12.7 Å². The van der Waals surface area contributed by atoms with E-state index in [1.807, 2.05) is 6.08 Å². The molecule has 2 fully saturated rings. The third-order valence-corrected chi connectivity index (χ3v) is 7.41. The Morgan fingerprint density at radius 2 is 1.67 bits per heavy atom. The van der Waals surface area contributed by atoms with Crippen molar-refractivity contribution in [1.29, 1.82) is 5.26 Å². The molecule has 0 unspecified atom stereocenters. The molecule has 2 nitrogen and oxygen atoms in total. The monoisotopic (exact) mass is 407 g/mol. The van der Waals surface area contributed by atoms with Gasteiger partial charge in [0.2, 0.25) is 0 Å². The molecule has 0 aromatic heterocycles. The van der Waals surface area contributed by atoms with Gasteiger partial charge in [-0.25, -0.2) is 0 Å².